The first-order valence-electron chi connectivity index (χ1n) is 3.07. The minimum absolute atomic E-state index is 0.817. The van der Waals surface area contributed by atoms with Crippen LogP contribution in [0.4, 0.5) is 8.78 Å². The van der Waals surface area contributed by atoms with Crippen LogP contribution in [0.1, 0.15) is 13.8 Å². The number of halogens is 2. The second-order valence-corrected chi connectivity index (χ2v) is 2.60. The monoisotopic (exact) mass is 167 g/mol. The van der Waals surface area contributed by atoms with E-state index in [9.17, 15) is 18.7 Å². The van der Waals surface area contributed by atoms with Crippen LogP contribution >= 0.6 is 0 Å². The molecule has 0 saturated carbocycles. The Morgan fingerprint density at radius 1 is 1.55 bits per heavy atom. The van der Waals surface area contributed by atoms with E-state index in [1.807, 2.05) is 0 Å². The molecule has 0 aromatic heterocycles. The topological polar surface area (TPSA) is 60.4 Å². The Hall–Kier alpha value is -0.710. The molecule has 0 aromatic rings. The normalized spacial score (nSPS) is 15.1. The van der Waals surface area contributed by atoms with Gasteiger partial charge in [0.15, 0.2) is 0 Å². The van der Waals surface area contributed by atoms with E-state index in [4.69, 9.17) is 5.11 Å². The van der Waals surface area contributed by atoms with Crippen molar-refractivity contribution < 1.29 is 23.8 Å². The van der Waals surface area contributed by atoms with Crippen LogP contribution in [0.5, 0.6) is 0 Å². The molecule has 0 aliphatic carbocycles. The van der Waals surface area contributed by atoms with Crippen molar-refractivity contribution in [3.8, 4) is 0 Å². The fourth-order valence-corrected chi connectivity index (χ4v) is 0.539. The summed E-state index contributed by atoms with van der Waals surface area (Å²) in [4.78, 5) is 9.75. The molecule has 1 atom stereocenters. The largest absolute Gasteiger partial charge is 0.544 e. The number of carbonyl (C=O) groups is 1. The molecule has 0 aliphatic heterocycles. The minimum Gasteiger partial charge on any atom is -0.544 e. The average molecular weight is 167 g/mol. The molecule has 11 heavy (non-hydrogen) atoms. The maximum Gasteiger partial charge on any atom is 0.312 e. The summed E-state index contributed by atoms with van der Waals surface area (Å²) in [6.45, 7) is 2.59. The van der Waals surface area contributed by atoms with Crippen molar-refractivity contribution in [1.82, 2.24) is 0 Å². The summed E-state index contributed by atoms with van der Waals surface area (Å²) in [7, 11) is 0. The highest BCUT2D eigenvalue weighted by atomic mass is 19.3. The van der Waals surface area contributed by atoms with Crippen LogP contribution < -0.4 is 5.11 Å². The van der Waals surface area contributed by atoms with Crippen molar-refractivity contribution in [3.63, 3.8) is 0 Å². The van der Waals surface area contributed by atoms with E-state index in [-0.39, 0.29) is 0 Å². The van der Waals surface area contributed by atoms with Gasteiger partial charge in [-0.25, -0.2) is 0 Å². The fourth-order valence-electron chi connectivity index (χ4n) is 0.539. The van der Waals surface area contributed by atoms with Crippen molar-refractivity contribution >= 4 is 5.97 Å². The van der Waals surface area contributed by atoms with Gasteiger partial charge in [0.1, 0.15) is 12.1 Å². The smallest absolute Gasteiger partial charge is 0.312 e. The van der Waals surface area contributed by atoms with Crippen LogP contribution in [-0.2, 0) is 4.79 Å². The highest BCUT2D eigenvalue weighted by molar-refractivity contribution is 5.73. The van der Waals surface area contributed by atoms with E-state index in [0.717, 1.165) is 0 Å². The van der Waals surface area contributed by atoms with Gasteiger partial charge in [0.25, 0.3) is 0 Å². The molecular formula is C6H9F2O3-. The van der Waals surface area contributed by atoms with E-state index in [1.54, 1.807) is 0 Å². The summed E-state index contributed by atoms with van der Waals surface area (Å²) < 4.78 is 24.6. The molecule has 0 bridgehead atoms. The van der Waals surface area contributed by atoms with E-state index in [2.05, 4.69) is 0 Å². The number of hydrogen-bond acceptors (Lipinski definition) is 3. The number of carboxylic acid groups (broad SMARTS) is 1. The lowest BCUT2D eigenvalue weighted by Gasteiger charge is -2.25. The van der Waals surface area contributed by atoms with E-state index < -0.39 is 23.9 Å². The summed E-state index contributed by atoms with van der Waals surface area (Å²) in [6.07, 6.45) is -2.19. The number of carboxylic acids is 1. The first-order chi connectivity index (χ1) is 4.80. The van der Waals surface area contributed by atoms with E-state index >= 15 is 0 Å². The van der Waals surface area contributed by atoms with Gasteiger partial charge in [-0.1, -0.05) is 13.8 Å². The first kappa shape index (κ1) is 10.3. The van der Waals surface area contributed by atoms with Crippen LogP contribution in [0.3, 0.4) is 0 Å². The van der Waals surface area contributed by atoms with Crippen LogP contribution in [0.15, 0.2) is 0 Å². The Kier molecular flexibility index (Phi) is 2.92. The molecule has 0 amide bonds. The van der Waals surface area contributed by atoms with Gasteiger partial charge < -0.3 is 15.0 Å². The zero-order valence-corrected chi connectivity index (χ0v) is 6.17. The van der Waals surface area contributed by atoms with Crippen molar-refractivity contribution in [1.29, 1.82) is 0 Å². The molecule has 66 valence electrons. The zero-order valence-electron chi connectivity index (χ0n) is 6.17. The van der Waals surface area contributed by atoms with Crippen LogP contribution in [0, 0.1) is 5.92 Å². The number of hydrogen-bond donors (Lipinski definition) is 1. The Bertz CT molecular complexity index is 156. The number of alkyl halides is 2. The number of rotatable bonds is 3. The van der Waals surface area contributed by atoms with Gasteiger partial charge in [0, 0.05) is 0 Å². The summed E-state index contributed by atoms with van der Waals surface area (Å²) >= 11 is 0. The predicted molar refractivity (Wildman–Crippen MR) is 30.8 cm³/mol. The second kappa shape index (κ2) is 3.13. The number of aliphatic hydroxyl groups excluding tert-OH is 1. The SMILES string of the molecule is CC(C)C(O)C(F)(F)C(=O)[O-]. The molecule has 0 fully saturated rings. The molecule has 3 nitrogen and oxygen atoms in total. The zero-order chi connectivity index (χ0) is 9.23. The quantitative estimate of drug-likeness (QED) is 0.609. The third-order valence-corrected chi connectivity index (χ3v) is 1.28. The van der Waals surface area contributed by atoms with Gasteiger partial charge in [-0.15, -0.1) is 0 Å². The van der Waals surface area contributed by atoms with Gasteiger partial charge in [-0.2, -0.15) is 8.78 Å². The Balaban J connectivity index is 4.42. The van der Waals surface area contributed by atoms with Gasteiger partial charge >= 0.3 is 5.92 Å². The lowest BCUT2D eigenvalue weighted by atomic mass is 10.0. The molecule has 0 saturated heterocycles. The van der Waals surface area contributed by atoms with Crippen molar-refractivity contribution in [2.75, 3.05) is 0 Å². The Labute approximate surface area is 62.6 Å². The highest BCUT2D eigenvalue weighted by Gasteiger charge is 2.41. The lowest BCUT2D eigenvalue weighted by Crippen LogP contribution is -2.51. The number of carbonyl (C=O) groups excluding carboxylic acids is 1. The average Bonchev–Trinajstić information content (AvgIpc) is 1.85. The molecule has 0 rings (SSSR count). The molecule has 0 aromatic carbocycles. The van der Waals surface area contributed by atoms with Crippen LogP contribution in [0.25, 0.3) is 0 Å². The third kappa shape index (κ3) is 2.11. The van der Waals surface area contributed by atoms with Crippen molar-refractivity contribution in [2.24, 2.45) is 5.92 Å². The summed E-state index contributed by atoms with van der Waals surface area (Å²) in [5.74, 6) is -7.52. The maximum atomic E-state index is 12.3. The summed E-state index contributed by atoms with van der Waals surface area (Å²) in [5, 5.41) is 18.4. The Morgan fingerprint density at radius 2 is 1.91 bits per heavy atom. The van der Waals surface area contributed by atoms with E-state index in [1.165, 1.54) is 13.8 Å². The van der Waals surface area contributed by atoms with Gasteiger partial charge in [0.05, 0.1) is 0 Å². The third-order valence-electron chi connectivity index (χ3n) is 1.28. The molecule has 1 N–H and O–H groups in total. The molecule has 0 heterocycles. The highest BCUT2D eigenvalue weighted by Crippen LogP contribution is 2.22. The molecule has 0 spiro atoms. The molecule has 5 heteroatoms. The number of aliphatic hydroxyl groups is 1. The van der Waals surface area contributed by atoms with Crippen LogP contribution in [-0.4, -0.2) is 23.1 Å². The standard InChI is InChI=1S/C6H10F2O3/c1-3(2)4(9)6(7,8)5(10)11/h3-4,9H,1-2H3,(H,10,11)/p-1. The lowest BCUT2D eigenvalue weighted by molar-refractivity contribution is -0.337. The predicted octanol–water partition coefficient (Wildman–Crippen LogP) is -0.612. The maximum absolute atomic E-state index is 12.3. The number of aliphatic carboxylic acids is 1. The minimum atomic E-state index is -4.16. The van der Waals surface area contributed by atoms with Gasteiger partial charge in [0.2, 0.25) is 0 Å². The van der Waals surface area contributed by atoms with Crippen molar-refractivity contribution in [3.05, 3.63) is 0 Å². The first-order valence-corrected chi connectivity index (χ1v) is 3.07. The fraction of sp³-hybridized carbons (Fsp3) is 0.833. The molecule has 1 unspecified atom stereocenters. The van der Waals surface area contributed by atoms with E-state index in [0.29, 0.717) is 0 Å². The molecule has 0 aliphatic rings. The van der Waals surface area contributed by atoms with Crippen molar-refractivity contribution in [2.45, 2.75) is 25.9 Å². The summed E-state index contributed by atoms with van der Waals surface area (Å²) in [5.41, 5.74) is 0. The summed E-state index contributed by atoms with van der Waals surface area (Å²) in [6, 6.07) is 0. The molecule has 0 radical (unpaired) electrons. The Morgan fingerprint density at radius 3 is 2.00 bits per heavy atom. The van der Waals surface area contributed by atoms with Crippen LogP contribution in [0.2, 0.25) is 0 Å². The van der Waals surface area contributed by atoms with Gasteiger partial charge in [-0.3, -0.25) is 0 Å². The second-order valence-electron chi connectivity index (χ2n) is 2.60. The van der Waals surface area contributed by atoms with Gasteiger partial charge in [-0.05, 0) is 5.92 Å². The molecular weight excluding hydrogens is 158 g/mol.